The van der Waals surface area contributed by atoms with Crippen LogP contribution in [0, 0.1) is 12.7 Å². The highest BCUT2D eigenvalue weighted by atomic mass is 35.5. The maximum absolute atomic E-state index is 13.1. The van der Waals surface area contributed by atoms with Crippen molar-refractivity contribution in [3.63, 3.8) is 0 Å². The largest absolute Gasteiger partial charge is 0.368 e. The number of aromatic nitrogens is 2. The molecule has 0 bridgehead atoms. The topological polar surface area (TPSA) is 51.8 Å². The van der Waals surface area contributed by atoms with Gasteiger partial charge >= 0.3 is 0 Å². The smallest absolute Gasteiger partial charge is 0.220 e. The third-order valence-corrected chi connectivity index (χ3v) is 3.50. The Kier molecular flexibility index (Phi) is 3.77. The number of nitrogens with two attached hydrogens (primary N) is 1. The molecular weight excluding hydrogens is 301 g/mol. The molecule has 0 amide bonds. The summed E-state index contributed by atoms with van der Waals surface area (Å²) in [6.07, 6.45) is 1.66. The first kappa shape index (κ1) is 14.5. The molecule has 3 aromatic rings. The molecule has 0 aliphatic heterocycles. The molecule has 0 aliphatic carbocycles. The lowest BCUT2D eigenvalue weighted by Crippen LogP contribution is -1.99. The van der Waals surface area contributed by atoms with Gasteiger partial charge in [0.15, 0.2) is 0 Å². The zero-order valence-corrected chi connectivity index (χ0v) is 12.6. The Morgan fingerprint density at radius 3 is 2.45 bits per heavy atom. The number of anilines is 1. The predicted molar refractivity (Wildman–Crippen MR) is 87.0 cm³/mol. The molecule has 110 valence electrons. The molecule has 1 aromatic heterocycles. The van der Waals surface area contributed by atoms with E-state index in [1.54, 1.807) is 18.3 Å². The van der Waals surface area contributed by atoms with Gasteiger partial charge < -0.3 is 5.73 Å². The highest BCUT2D eigenvalue weighted by Gasteiger charge is 2.12. The van der Waals surface area contributed by atoms with E-state index in [1.165, 1.54) is 12.1 Å². The summed E-state index contributed by atoms with van der Waals surface area (Å²) >= 11 is 6.14. The van der Waals surface area contributed by atoms with E-state index in [0.717, 1.165) is 22.3 Å². The maximum Gasteiger partial charge on any atom is 0.220 e. The molecule has 1 heterocycles. The van der Waals surface area contributed by atoms with Gasteiger partial charge in [-0.2, -0.15) is 0 Å². The van der Waals surface area contributed by atoms with Crippen LogP contribution < -0.4 is 5.73 Å². The first-order valence-electron chi connectivity index (χ1n) is 6.69. The van der Waals surface area contributed by atoms with E-state index < -0.39 is 0 Å². The van der Waals surface area contributed by atoms with Gasteiger partial charge in [-0.1, -0.05) is 17.7 Å². The second kappa shape index (κ2) is 5.73. The molecule has 0 aliphatic rings. The van der Waals surface area contributed by atoms with E-state index >= 15 is 0 Å². The molecular formula is C17H13ClFN3. The van der Waals surface area contributed by atoms with Gasteiger partial charge in [-0.15, -0.1) is 0 Å². The van der Waals surface area contributed by atoms with Gasteiger partial charge in [0.1, 0.15) is 5.82 Å². The van der Waals surface area contributed by atoms with Crippen LogP contribution in [0.5, 0.6) is 0 Å². The summed E-state index contributed by atoms with van der Waals surface area (Å²) in [6.45, 7) is 1.96. The second-order valence-electron chi connectivity index (χ2n) is 5.01. The van der Waals surface area contributed by atoms with Gasteiger partial charge in [-0.3, -0.25) is 0 Å². The summed E-state index contributed by atoms with van der Waals surface area (Å²) < 4.78 is 13.1. The SMILES string of the molecule is Cc1cc(Cl)cc(-c2cnc(N)nc2-c2ccc(F)cc2)c1. The molecule has 0 unspecified atom stereocenters. The fourth-order valence-corrected chi connectivity index (χ4v) is 2.62. The van der Waals surface area contributed by atoms with Gasteiger partial charge in [0, 0.05) is 22.3 Å². The van der Waals surface area contributed by atoms with Gasteiger partial charge in [0.2, 0.25) is 5.95 Å². The van der Waals surface area contributed by atoms with Gasteiger partial charge in [0.25, 0.3) is 0 Å². The van der Waals surface area contributed by atoms with Crippen molar-refractivity contribution in [1.29, 1.82) is 0 Å². The number of nitrogen functional groups attached to an aromatic ring is 1. The Hall–Kier alpha value is -2.46. The average molecular weight is 314 g/mol. The molecule has 3 nitrogen and oxygen atoms in total. The Balaban J connectivity index is 2.22. The monoisotopic (exact) mass is 313 g/mol. The second-order valence-corrected chi connectivity index (χ2v) is 5.45. The zero-order valence-electron chi connectivity index (χ0n) is 11.8. The summed E-state index contributed by atoms with van der Waals surface area (Å²) in [6, 6.07) is 11.8. The van der Waals surface area contributed by atoms with Gasteiger partial charge in [0.05, 0.1) is 5.69 Å². The highest BCUT2D eigenvalue weighted by molar-refractivity contribution is 6.31. The summed E-state index contributed by atoms with van der Waals surface area (Å²) in [5.74, 6) is -0.132. The number of hydrogen-bond donors (Lipinski definition) is 1. The van der Waals surface area contributed by atoms with Crippen LogP contribution in [0.2, 0.25) is 5.02 Å². The first-order valence-corrected chi connectivity index (χ1v) is 7.07. The molecule has 0 fully saturated rings. The summed E-state index contributed by atoms with van der Waals surface area (Å²) in [5.41, 5.74) is 9.85. The van der Waals surface area contributed by atoms with Crippen LogP contribution in [0.1, 0.15) is 5.56 Å². The molecule has 3 rings (SSSR count). The minimum atomic E-state index is -0.300. The number of benzene rings is 2. The normalized spacial score (nSPS) is 10.7. The molecule has 0 radical (unpaired) electrons. The molecule has 0 saturated heterocycles. The summed E-state index contributed by atoms with van der Waals surface area (Å²) in [4.78, 5) is 8.38. The van der Waals surface area contributed by atoms with E-state index in [0.29, 0.717) is 10.7 Å². The molecule has 5 heteroatoms. The minimum absolute atomic E-state index is 0.168. The third kappa shape index (κ3) is 2.92. The van der Waals surface area contributed by atoms with Crippen molar-refractivity contribution >= 4 is 17.5 Å². The molecule has 0 saturated carbocycles. The summed E-state index contributed by atoms with van der Waals surface area (Å²) in [7, 11) is 0. The summed E-state index contributed by atoms with van der Waals surface area (Å²) in [5, 5.41) is 0.636. The zero-order chi connectivity index (χ0) is 15.7. The molecule has 2 N–H and O–H groups in total. The Morgan fingerprint density at radius 2 is 1.77 bits per heavy atom. The molecule has 22 heavy (non-hydrogen) atoms. The number of nitrogens with zero attached hydrogens (tertiary/aromatic N) is 2. The van der Waals surface area contributed by atoms with Crippen LogP contribution in [0.4, 0.5) is 10.3 Å². The van der Waals surface area contributed by atoms with Crippen molar-refractivity contribution in [1.82, 2.24) is 9.97 Å². The standard InChI is InChI=1S/C17H13ClFN3/c1-10-6-12(8-13(18)7-10)15-9-21-17(20)22-16(15)11-2-4-14(19)5-3-11/h2-9H,1H3,(H2,20,21,22). The third-order valence-electron chi connectivity index (χ3n) is 3.28. The van der Waals surface area contributed by atoms with Crippen molar-refractivity contribution in [3.8, 4) is 22.4 Å². The first-order chi connectivity index (χ1) is 10.5. The maximum atomic E-state index is 13.1. The van der Waals surface area contributed by atoms with Crippen LogP contribution in [0.25, 0.3) is 22.4 Å². The minimum Gasteiger partial charge on any atom is -0.368 e. The number of hydrogen-bond acceptors (Lipinski definition) is 3. The van der Waals surface area contributed by atoms with E-state index in [9.17, 15) is 4.39 Å². The van der Waals surface area contributed by atoms with Crippen molar-refractivity contribution in [2.24, 2.45) is 0 Å². The van der Waals surface area contributed by atoms with Crippen LogP contribution in [0.15, 0.2) is 48.7 Å². The van der Waals surface area contributed by atoms with Crippen molar-refractivity contribution < 1.29 is 4.39 Å². The quantitative estimate of drug-likeness (QED) is 0.758. The number of aryl methyl sites for hydroxylation is 1. The number of rotatable bonds is 2. The van der Waals surface area contributed by atoms with Gasteiger partial charge in [-0.25, -0.2) is 14.4 Å². The van der Waals surface area contributed by atoms with Gasteiger partial charge in [-0.05, 0) is 54.4 Å². The van der Waals surface area contributed by atoms with Crippen molar-refractivity contribution in [3.05, 3.63) is 65.1 Å². The molecule has 0 atom stereocenters. The van der Waals surface area contributed by atoms with Crippen molar-refractivity contribution in [2.75, 3.05) is 5.73 Å². The lowest BCUT2D eigenvalue weighted by Gasteiger charge is -2.10. The molecule has 2 aromatic carbocycles. The lowest BCUT2D eigenvalue weighted by atomic mass is 9.99. The van der Waals surface area contributed by atoms with E-state index in [-0.39, 0.29) is 11.8 Å². The Bertz CT molecular complexity index is 812. The lowest BCUT2D eigenvalue weighted by molar-refractivity contribution is 0.628. The van der Waals surface area contributed by atoms with E-state index in [2.05, 4.69) is 9.97 Å². The van der Waals surface area contributed by atoms with E-state index in [1.807, 2.05) is 25.1 Å². The van der Waals surface area contributed by atoms with E-state index in [4.69, 9.17) is 17.3 Å². The molecule has 0 spiro atoms. The fourth-order valence-electron chi connectivity index (χ4n) is 2.33. The number of halogens is 2. The van der Waals surface area contributed by atoms with Crippen molar-refractivity contribution in [2.45, 2.75) is 6.92 Å². The Morgan fingerprint density at radius 1 is 1.05 bits per heavy atom. The predicted octanol–water partition coefficient (Wildman–Crippen LogP) is 4.49. The van der Waals surface area contributed by atoms with Crippen LogP contribution >= 0.6 is 11.6 Å². The highest BCUT2D eigenvalue weighted by Crippen LogP contribution is 2.32. The Labute approximate surface area is 132 Å². The van der Waals surface area contributed by atoms with Crippen LogP contribution in [-0.2, 0) is 0 Å². The fraction of sp³-hybridized carbons (Fsp3) is 0.0588. The average Bonchev–Trinajstić information content (AvgIpc) is 2.47. The van der Waals surface area contributed by atoms with Crippen LogP contribution in [0.3, 0.4) is 0 Å². The van der Waals surface area contributed by atoms with Crippen LogP contribution in [-0.4, -0.2) is 9.97 Å².